The predicted octanol–water partition coefficient (Wildman–Crippen LogP) is 4.52. The number of rotatable bonds is 6. The summed E-state index contributed by atoms with van der Waals surface area (Å²) < 4.78 is 19.9. The molecule has 1 amide bonds. The van der Waals surface area contributed by atoms with E-state index in [0.29, 0.717) is 16.7 Å². The summed E-state index contributed by atoms with van der Waals surface area (Å²) in [4.78, 5) is 18.0. The summed E-state index contributed by atoms with van der Waals surface area (Å²) >= 11 is 3.06. The summed E-state index contributed by atoms with van der Waals surface area (Å²) in [7, 11) is 0. The van der Waals surface area contributed by atoms with Crippen LogP contribution in [0.4, 0.5) is 10.2 Å². The number of aryl methyl sites for hydroxylation is 1. The van der Waals surface area contributed by atoms with E-state index in [2.05, 4.69) is 15.4 Å². The van der Waals surface area contributed by atoms with Crippen LogP contribution < -0.4 is 10.1 Å². The van der Waals surface area contributed by atoms with Crippen molar-refractivity contribution in [2.24, 2.45) is 0 Å². The van der Waals surface area contributed by atoms with E-state index in [1.165, 1.54) is 35.6 Å². The van der Waals surface area contributed by atoms with Gasteiger partial charge in [-0.2, -0.15) is 9.78 Å². The normalized spacial score (nSPS) is 10.8. The maximum absolute atomic E-state index is 12.9. The molecule has 0 spiro atoms. The number of hydrogen-bond acceptors (Lipinski definition) is 6. The molecule has 1 N–H and O–H groups in total. The number of ether oxygens (including phenoxy) is 1. The van der Waals surface area contributed by atoms with Gasteiger partial charge in [0.25, 0.3) is 5.91 Å². The maximum atomic E-state index is 12.9. The highest BCUT2D eigenvalue weighted by atomic mass is 32.1. The number of anilines is 1. The van der Waals surface area contributed by atoms with E-state index in [1.807, 2.05) is 29.8 Å². The molecule has 0 saturated carbocycles. The van der Waals surface area contributed by atoms with Gasteiger partial charge < -0.3 is 10.1 Å². The molecule has 4 rings (SSSR count). The Hall–Kier alpha value is -3.04. The minimum Gasteiger partial charge on any atom is -0.484 e. The maximum Gasteiger partial charge on any atom is 0.263 e. The smallest absolute Gasteiger partial charge is 0.263 e. The molecule has 0 radical (unpaired) electrons. The second-order valence-corrected chi connectivity index (χ2v) is 7.65. The Balaban J connectivity index is 1.47. The molecular weight excluding hydrogens is 399 g/mol. The highest BCUT2D eigenvalue weighted by Gasteiger charge is 2.15. The van der Waals surface area contributed by atoms with Crippen molar-refractivity contribution < 1.29 is 13.9 Å². The Morgan fingerprint density at radius 1 is 1.25 bits per heavy atom. The lowest BCUT2D eigenvalue weighted by molar-refractivity contribution is -0.118. The molecule has 0 aliphatic heterocycles. The fourth-order valence-electron chi connectivity index (χ4n) is 2.49. The Morgan fingerprint density at radius 2 is 2.07 bits per heavy atom. The first kappa shape index (κ1) is 18.3. The zero-order chi connectivity index (χ0) is 19.5. The van der Waals surface area contributed by atoms with Crippen molar-refractivity contribution in [3.8, 4) is 21.5 Å². The molecule has 142 valence electrons. The van der Waals surface area contributed by atoms with Crippen molar-refractivity contribution in [3.63, 3.8) is 0 Å². The summed E-state index contributed by atoms with van der Waals surface area (Å²) in [5.41, 5.74) is 1.63. The van der Waals surface area contributed by atoms with E-state index in [9.17, 15) is 9.18 Å². The number of thiazole rings is 1. The molecule has 3 aromatic heterocycles. The molecule has 0 fully saturated rings. The largest absolute Gasteiger partial charge is 0.484 e. The molecule has 28 heavy (non-hydrogen) atoms. The van der Waals surface area contributed by atoms with E-state index in [4.69, 9.17) is 4.74 Å². The average molecular weight is 414 g/mol. The lowest BCUT2D eigenvalue weighted by Gasteiger charge is -2.08. The van der Waals surface area contributed by atoms with Gasteiger partial charge in [-0.1, -0.05) is 6.07 Å². The lowest BCUT2D eigenvalue weighted by Crippen LogP contribution is -2.21. The number of benzene rings is 1. The first-order valence-corrected chi connectivity index (χ1v) is 10.1. The summed E-state index contributed by atoms with van der Waals surface area (Å²) in [6.07, 6.45) is 0. The first-order valence-electron chi connectivity index (χ1n) is 8.33. The minimum absolute atomic E-state index is 0.200. The Morgan fingerprint density at radius 3 is 2.82 bits per heavy atom. The van der Waals surface area contributed by atoms with Gasteiger partial charge in [0.05, 0.1) is 16.3 Å². The zero-order valence-electron chi connectivity index (χ0n) is 14.8. The summed E-state index contributed by atoms with van der Waals surface area (Å²) in [6.45, 7) is 1.64. The second-order valence-electron chi connectivity index (χ2n) is 5.87. The van der Waals surface area contributed by atoms with Crippen LogP contribution in [-0.4, -0.2) is 27.3 Å². The number of carbonyl (C=O) groups excluding carboxylic acids is 1. The Bertz CT molecular complexity index is 1090. The molecular formula is C19H15FN4O2S2. The van der Waals surface area contributed by atoms with Gasteiger partial charge in [-0.05, 0) is 42.6 Å². The van der Waals surface area contributed by atoms with Crippen LogP contribution in [0.1, 0.15) is 5.69 Å². The molecule has 1 aromatic carbocycles. The van der Waals surface area contributed by atoms with Crippen molar-refractivity contribution in [1.29, 1.82) is 0 Å². The van der Waals surface area contributed by atoms with Crippen molar-refractivity contribution >= 4 is 34.4 Å². The first-order chi connectivity index (χ1) is 13.6. The number of nitrogens with one attached hydrogen (secondary N) is 1. The quantitative estimate of drug-likeness (QED) is 0.504. The van der Waals surface area contributed by atoms with E-state index < -0.39 is 0 Å². The second kappa shape index (κ2) is 7.91. The van der Waals surface area contributed by atoms with Gasteiger partial charge in [-0.3, -0.25) is 4.79 Å². The van der Waals surface area contributed by atoms with Crippen LogP contribution in [0, 0.1) is 12.7 Å². The molecule has 3 heterocycles. The molecule has 4 aromatic rings. The topological polar surface area (TPSA) is 69.0 Å². The molecule has 9 heteroatoms. The van der Waals surface area contributed by atoms with Crippen LogP contribution >= 0.6 is 22.7 Å². The lowest BCUT2D eigenvalue weighted by atomic mass is 10.3. The number of nitrogens with zero attached hydrogens (tertiary/aromatic N) is 3. The number of aromatic nitrogens is 3. The molecule has 0 aliphatic carbocycles. The third-order valence-electron chi connectivity index (χ3n) is 3.73. The predicted molar refractivity (Wildman–Crippen MR) is 108 cm³/mol. The van der Waals surface area contributed by atoms with Crippen molar-refractivity contribution in [3.05, 3.63) is 64.7 Å². The fourth-order valence-corrected chi connectivity index (χ4v) is 4.04. The SMILES string of the molecule is Cc1cc(NC(=O)COc2ccc(F)cc2)n(-c2nc(-c3cccs3)cs2)n1. The summed E-state index contributed by atoms with van der Waals surface area (Å²) in [5, 5.41) is 11.8. The Kier molecular flexibility index (Phi) is 5.18. The molecule has 0 aliphatic rings. The fraction of sp³-hybridized carbons (Fsp3) is 0.105. The number of hydrogen-bond donors (Lipinski definition) is 1. The highest BCUT2D eigenvalue weighted by Crippen LogP contribution is 2.29. The highest BCUT2D eigenvalue weighted by molar-refractivity contribution is 7.15. The van der Waals surface area contributed by atoms with Crippen LogP contribution in [0.2, 0.25) is 0 Å². The standard InChI is InChI=1S/C19H15FN4O2S2/c1-12-9-17(22-18(25)10-26-14-6-4-13(20)5-7-14)24(23-12)19-21-15(11-28-19)16-3-2-8-27-16/h2-9,11H,10H2,1H3,(H,22,25). The van der Waals surface area contributed by atoms with E-state index in [0.717, 1.165) is 16.3 Å². The van der Waals surface area contributed by atoms with Gasteiger partial charge in [0.1, 0.15) is 17.4 Å². The monoisotopic (exact) mass is 414 g/mol. The zero-order valence-corrected chi connectivity index (χ0v) is 16.4. The molecule has 0 saturated heterocycles. The summed E-state index contributed by atoms with van der Waals surface area (Å²) in [5.74, 6) is 0.223. The van der Waals surface area contributed by atoms with Crippen LogP contribution in [-0.2, 0) is 4.79 Å². The van der Waals surface area contributed by atoms with Crippen LogP contribution in [0.3, 0.4) is 0 Å². The van der Waals surface area contributed by atoms with Crippen molar-refractivity contribution in [1.82, 2.24) is 14.8 Å². The number of amides is 1. The van der Waals surface area contributed by atoms with Crippen LogP contribution in [0.15, 0.2) is 53.2 Å². The Labute approximate surface area is 168 Å². The third kappa shape index (κ3) is 4.10. The van der Waals surface area contributed by atoms with Gasteiger partial charge >= 0.3 is 0 Å². The van der Waals surface area contributed by atoms with E-state index in [-0.39, 0.29) is 18.3 Å². The number of halogens is 1. The minimum atomic E-state index is -0.360. The van der Waals surface area contributed by atoms with Gasteiger partial charge in [0, 0.05) is 11.4 Å². The molecule has 6 nitrogen and oxygen atoms in total. The molecule has 0 atom stereocenters. The van der Waals surface area contributed by atoms with Gasteiger partial charge in [0.2, 0.25) is 5.13 Å². The number of carbonyl (C=O) groups is 1. The van der Waals surface area contributed by atoms with Gasteiger partial charge in [-0.15, -0.1) is 22.7 Å². The molecule has 0 bridgehead atoms. The van der Waals surface area contributed by atoms with Crippen molar-refractivity contribution in [2.75, 3.05) is 11.9 Å². The molecule has 0 unspecified atom stereocenters. The van der Waals surface area contributed by atoms with E-state index in [1.54, 1.807) is 22.1 Å². The number of thiophene rings is 1. The summed E-state index contributed by atoms with van der Waals surface area (Å²) in [6, 6.07) is 11.2. The van der Waals surface area contributed by atoms with Gasteiger partial charge in [0.15, 0.2) is 6.61 Å². The van der Waals surface area contributed by atoms with Crippen LogP contribution in [0.25, 0.3) is 15.7 Å². The van der Waals surface area contributed by atoms with Crippen molar-refractivity contribution in [2.45, 2.75) is 6.92 Å². The average Bonchev–Trinajstić information content (AvgIpc) is 3.41. The van der Waals surface area contributed by atoms with E-state index >= 15 is 0 Å². The van der Waals surface area contributed by atoms with Crippen LogP contribution in [0.5, 0.6) is 5.75 Å². The third-order valence-corrected chi connectivity index (χ3v) is 5.44. The van der Waals surface area contributed by atoms with Gasteiger partial charge in [-0.25, -0.2) is 9.37 Å².